The third-order valence-electron chi connectivity index (χ3n) is 2.52. The maximum atomic E-state index is 10.9. The zero-order valence-electron chi connectivity index (χ0n) is 10.1. The average Bonchev–Trinajstić information content (AvgIpc) is 2.28. The van der Waals surface area contributed by atoms with Gasteiger partial charge < -0.3 is 4.74 Å². The summed E-state index contributed by atoms with van der Waals surface area (Å²) < 4.78 is 5.10. The van der Waals surface area contributed by atoms with Gasteiger partial charge in [0.15, 0.2) is 6.29 Å². The molecule has 0 saturated carbocycles. The summed E-state index contributed by atoms with van der Waals surface area (Å²) >= 11 is 0. The summed E-state index contributed by atoms with van der Waals surface area (Å²) in [5, 5.41) is 0. The van der Waals surface area contributed by atoms with E-state index in [-0.39, 0.29) is 5.41 Å². The van der Waals surface area contributed by atoms with E-state index in [0.717, 1.165) is 11.8 Å². The summed E-state index contributed by atoms with van der Waals surface area (Å²) in [6.07, 6.45) is 0.803. The van der Waals surface area contributed by atoms with Gasteiger partial charge in [-0.05, 0) is 38.5 Å². The fourth-order valence-corrected chi connectivity index (χ4v) is 1.60. The van der Waals surface area contributed by atoms with Gasteiger partial charge in [0, 0.05) is 0 Å². The highest BCUT2D eigenvalue weighted by Crippen LogP contribution is 2.27. The summed E-state index contributed by atoms with van der Waals surface area (Å²) in [6.45, 7) is 5.87. The Labute approximate surface area is 96.6 Å². The summed E-state index contributed by atoms with van der Waals surface area (Å²) in [4.78, 5) is 10.9. The second-order valence-corrected chi connectivity index (χ2v) is 4.07. The van der Waals surface area contributed by atoms with E-state index in [2.05, 4.69) is 11.8 Å². The van der Waals surface area contributed by atoms with E-state index in [1.54, 1.807) is 13.2 Å². The van der Waals surface area contributed by atoms with Crippen molar-refractivity contribution in [2.75, 3.05) is 7.11 Å². The van der Waals surface area contributed by atoms with Gasteiger partial charge in [0.1, 0.15) is 5.75 Å². The molecule has 1 aromatic carbocycles. The van der Waals surface area contributed by atoms with Crippen LogP contribution in [0.4, 0.5) is 0 Å². The molecular formula is C14H16O2. The molecule has 0 spiro atoms. The SMILES string of the molecule is CC#CC(C)(C)c1ccc(OC)c(C=O)c1. The molecule has 0 aliphatic rings. The molecule has 84 valence electrons. The lowest BCUT2D eigenvalue weighted by Crippen LogP contribution is -2.14. The molecule has 2 heteroatoms. The van der Waals surface area contributed by atoms with Crippen molar-refractivity contribution in [2.24, 2.45) is 0 Å². The molecule has 0 fully saturated rings. The monoisotopic (exact) mass is 216 g/mol. The van der Waals surface area contributed by atoms with Crippen molar-refractivity contribution in [2.45, 2.75) is 26.2 Å². The number of carbonyl (C=O) groups is 1. The van der Waals surface area contributed by atoms with E-state index in [9.17, 15) is 4.79 Å². The maximum Gasteiger partial charge on any atom is 0.153 e. The van der Waals surface area contributed by atoms with E-state index in [1.807, 2.05) is 32.9 Å². The molecule has 2 nitrogen and oxygen atoms in total. The number of benzene rings is 1. The molecule has 0 aliphatic heterocycles. The first-order chi connectivity index (χ1) is 7.55. The van der Waals surface area contributed by atoms with Crippen LogP contribution in [-0.4, -0.2) is 13.4 Å². The zero-order chi connectivity index (χ0) is 12.2. The van der Waals surface area contributed by atoms with Crippen molar-refractivity contribution in [1.82, 2.24) is 0 Å². The molecule has 16 heavy (non-hydrogen) atoms. The number of methoxy groups -OCH3 is 1. The highest BCUT2D eigenvalue weighted by Gasteiger charge is 2.18. The maximum absolute atomic E-state index is 10.9. The topological polar surface area (TPSA) is 26.3 Å². The number of carbonyl (C=O) groups excluding carboxylic acids is 1. The Morgan fingerprint density at radius 1 is 1.38 bits per heavy atom. The predicted octanol–water partition coefficient (Wildman–Crippen LogP) is 2.81. The average molecular weight is 216 g/mol. The number of hydrogen-bond acceptors (Lipinski definition) is 2. The minimum absolute atomic E-state index is 0.251. The first-order valence-electron chi connectivity index (χ1n) is 5.12. The summed E-state index contributed by atoms with van der Waals surface area (Å²) in [6, 6.07) is 5.57. The van der Waals surface area contributed by atoms with Crippen LogP contribution < -0.4 is 4.74 Å². The predicted molar refractivity (Wildman–Crippen MR) is 64.9 cm³/mol. The van der Waals surface area contributed by atoms with Gasteiger partial charge in [0.25, 0.3) is 0 Å². The smallest absolute Gasteiger partial charge is 0.153 e. The van der Waals surface area contributed by atoms with Gasteiger partial charge in [-0.15, -0.1) is 5.92 Å². The molecule has 1 aromatic rings. The lowest BCUT2D eigenvalue weighted by Gasteiger charge is -2.19. The Morgan fingerprint density at radius 2 is 2.06 bits per heavy atom. The second kappa shape index (κ2) is 4.85. The highest BCUT2D eigenvalue weighted by atomic mass is 16.5. The van der Waals surface area contributed by atoms with Gasteiger partial charge in [0.2, 0.25) is 0 Å². The molecule has 0 radical (unpaired) electrons. The molecule has 0 aromatic heterocycles. The van der Waals surface area contributed by atoms with E-state index in [0.29, 0.717) is 11.3 Å². The molecule has 0 saturated heterocycles. The van der Waals surface area contributed by atoms with Crippen LogP contribution in [0.1, 0.15) is 36.7 Å². The normalized spacial score (nSPS) is 10.2. The number of rotatable bonds is 3. The number of ether oxygens (including phenoxy) is 1. The van der Waals surface area contributed by atoms with Crippen molar-refractivity contribution in [3.8, 4) is 17.6 Å². The summed E-state index contributed by atoms with van der Waals surface area (Å²) in [5.74, 6) is 6.62. The standard InChI is InChI=1S/C14H16O2/c1-5-8-14(2,3)12-6-7-13(16-4)11(9-12)10-15/h6-7,9-10H,1-4H3. The Morgan fingerprint density at radius 3 is 2.56 bits per heavy atom. The summed E-state index contributed by atoms with van der Waals surface area (Å²) in [7, 11) is 1.55. The van der Waals surface area contributed by atoms with Crippen LogP contribution in [0.3, 0.4) is 0 Å². The fourth-order valence-electron chi connectivity index (χ4n) is 1.60. The first kappa shape index (κ1) is 12.3. The Balaban J connectivity index is 3.26. The molecule has 0 N–H and O–H groups in total. The van der Waals surface area contributed by atoms with Gasteiger partial charge in [-0.3, -0.25) is 4.79 Å². The second-order valence-electron chi connectivity index (χ2n) is 4.07. The van der Waals surface area contributed by atoms with E-state index < -0.39 is 0 Å². The quantitative estimate of drug-likeness (QED) is 0.573. The number of hydrogen-bond donors (Lipinski definition) is 0. The molecule has 0 bridgehead atoms. The lowest BCUT2D eigenvalue weighted by atomic mass is 9.84. The van der Waals surface area contributed by atoms with Gasteiger partial charge in [-0.1, -0.05) is 12.0 Å². The highest BCUT2D eigenvalue weighted by molar-refractivity contribution is 5.79. The van der Waals surface area contributed by atoms with Crippen LogP contribution in [0.2, 0.25) is 0 Å². The van der Waals surface area contributed by atoms with Crippen molar-refractivity contribution in [3.63, 3.8) is 0 Å². The van der Waals surface area contributed by atoms with Crippen LogP contribution in [0.5, 0.6) is 5.75 Å². The van der Waals surface area contributed by atoms with Crippen molar-refractivity contribution in [3.05, 3.63) is 29.3 Å². The van der Waals surface area contributed by atoms with Crippen molar-refractivity contribution in [1.29, 1.82) is 0 Å². The van der Waals surface area contributed by atoms with E-state index in [4.69, 9.17) is 4.74 Å². The molecule has 0 heterocycles. The molecule has 1 rings (SSSR count). The van der Waals surface area contributed by atoms with Gasteiger partial charge in [0.05, 0.1) is 18.1 Å². The van der Waals surface area contributed by atoms with Crippen LogP contribution >= 0.6 is 0 Å². The van der Waals surface area contributed by atoms with Crippen molar-refractivity contribution < 1.29 is 9.53 Å². The van der Waals surface area contributed by atoms with Crippen LogP contribution in [0.25, 0.3) is 0 Å². The molecule has 0 atom stereocenters. The third kappa shape index (κ3) is 2.43. The molecule has 0 amide bonds. The van der Waals surface area contributed by atoms with Crippen LogP contribution in [-0.2, 0) is 5.41 Å². The minimum atomic E-state index is -0.251. The van der Waals surface area contributed by atoms with Gasteiger partial charge >= 0.3 is 0 Å². The Hall–Kier alpha value is -1.75. The van der Waals surface area contributed by atoms with Gasteiger partial charge in [-0.2, -0.15) is 0 Å². The first-order valence-corrected chi connectivity index (χ1v) is 5.12. The van der Waals surface area contributed by atoms with Crippen LogP contribution in [0, 0.1) is 11.8 Å². The van der Waals surface area contributed by atoms with Gasteiger partial charge in [-0.25, -0.2) is 0 Å². The largest absolute Gasteiger partial charge is 0.496 e. The zero-order valence-corrected chi connectivity index (χ0v) is 10.1. The third-order valence-corrected chi connectivity index (χ3v) is 2.52. The Bertz CT molecular complexity index is 448. The lowest BCUT2D eigenvalue weighted by molar-refractivity contribution is 0.112. The summed E-state index contributed by atoms with van der Waals surface area (Å²) in [5.41, 5.74) is 1.33. The van der Waals surface area contributed by atoms with E-state index in [1.165, 1.54) is 0 Å². The van der Waals surface area contributed by atoms with Crippen LogP contribution in [0.15, 0.2) is 18.2 Å². The minimum Gasteiger partial charge on any atom is -0.496 e. The van der Waals surface area contributed by atoms with Crippen molar-refractivity contribution >= 4 is 6.29 Å². The molecule has 0 unspecified atom stereocenters. The Kier molecular flexibility index (Phi) is 3.73. The molecular weight excluding hydrogens is 200 g/mol. The number of aldehydes is 1. The molecule has 0 aliphatic carbocycles. The fraction of sp³-hybridized carbons (Fsp3) is 0.357. The van der Waals surface area contributed by atoms with E-state index >= 15 is 0 Å².